The summed E-state index contributed by atoms with van der Waals surface area (Å²) in [5.74, 6) is -0.138. The molecule has 0 saturated heterocycles. The maximum absolute atomic E-state index is 14.7. The number of anilines is 1. The predicted molar refractivity (Wildman–Crippen MR) is 187 cm³/mol. The van der Waals surface area contributed by atoms with Crippen LogP contribution in [0.25, 0.3) is 0 Å². The molecule has 48 heavy (non-hydrogen) atoms. The summed E-state index contributed by atoms with van der Waals surface area (Å²) < 4.78 is 40.6. The van der Waals surface area contributed by atoms with Gasteiger partial charge in [-0.3, -0.25) is 13.9 Å². The van der Waals surface area contributed by atoms with Crippen LogP contribution in [0.3, 0.4) is 0 Å². The molecule has 4 aromatic carbocycles. The van der Waals surface area contributed by atoms with Crippen molar-refractivity contribution in [1.82, 2.24) is 10.2 Å². The molecule has 1 aliphatic carbocycles. The second-order valence-corrected chi connectivity index (χ2v) is 13.9. The second-order valence-electron chi connectivity index (χ2n) is 12.0. The molecule has 0 heterocycles. The quantitative estimate of drug-likeness (QED) is 0.179. The molecule has 252 valence electrons. The molecule has 1 saturated carbocycles. The number of hydrogen-bond acceptors (Lipinski definition) is 6. The fourth-order valence-electron chi connectivity index (χ4n) is 6.12. The van der Waals surface area contributed by atoms with Gasteiger partial charge in [0, 0.05) is 25.1 Å². The molecule has 9 nitrogen and oxygen atoms in total. The zero-order valence-electron chi connectivity index (χ0n) is 27.7. The maximum atomic E-state index is 14.7. The Balaban J connectivity index is 1.57. The molecule has 0 spiro atoms. The van der Waals surface area contributed by atoms with E-state index >= 15 is 0 Å². The minimum Gasteiger partial charge on any atom is -0.493 e. The monoisotopic (exact) mass is 669 g/mol. The average molecular weight is 670 g/mol. The van der Waals surface area contributed by atoms with Crippen LogP contribution in [0.1, 0.15) is 42.4 Å². The van der Waals surface area contributed by atoms with Crippen LogP contribution < -0.4 is 19.1 Å². The van der Waals surface area contributed by atoms with E-state index in [4.69, 9.17) is 9.47 Å². The van der Waals surface area contributed by atoms with Gasteiger partial charge in [-0.05, 0) is 60.7 Å². The van der Waals surface area contributed by atoms with Crippen molar-refractivity contribution in [2.24, 2.45) is 0 Å². The fourth-order valence-corrected chi connectivity index (χ4v) is 7.55. The minimum absolute atomic E-state index is 0.0393. The Morgan fingerprint density at radius 3 is 2.10 bits per heavy atom. The van der Waals surface area contributed by atoms with Crippen molar-refractivity contribution in [3.63, 3.8) is 0 Å². The Morgan fingerprint density at radius 2 is 1.46 bits per heavy atom. The van der Waals surface area contributed by atoms with E-state index in [-0.39, 0.29) is 35.6 Å². The summed E-state index contributed by atoms with van der Waals surface area (Å²) in [6.07, 6.45) is 4.13. The largest absolute Gasteiger partial charge is 0.493 e. The highest BCUT2D eigenvalue weighted by atomic mass is 32.2. The van der Waals surface area contributed by atoms with Gasteiger partial charge in [-0.2, -0.15) is 0 Å². The Morgan fingerprint density at radius 1 is 0.833 bits per heavy atom. The first-order valence-corrected chi connectivity index (χ1v) is 17.6. The van der Waals surface area contributed by atoms with Gasteiger partial charge in [0.1, 0.15) is 12.6 Å². The summed E-state index contributed by atoms with van der Waals surface area (Å²) in [4.78, 5) is 30.4. The number of aryl methyl sites for hydroxylation is 1. The van der Waals surface area contributed by atoms with Crippen molar-refractivity contribution in [3.05, 3.63) is 120 Å². The lowest BCUT2D eigenvalue weighted by atomic mass is 10.0. The molecular formula is C38H43N3O6S. The van der Waals surface area contributed by atoms with Gasteiger partial charge in [-0.25, -0.2) is 8.42 Å². The summed E-state index contributed by atoms with van der Waals surface area (Å²) >= 11 is 0. The van der Waals surface area contributed by atoms with E-state index in [9.17, 15) is 18.0 Å². The molecule has 4 aromatic rings. The molecule has 5 rings (SSSR count). The molecule has 1 aliphatic rings. The van der Waals surface area contributed by atoms with Crippen LogP contribution in [0.2, 0.25) is 0 Å². The molecule has 1 N–H and O–H groups in total. The summed E-state index contributed by atoms with van der Waals surface area (Å²) in [7, 11) is -1.39. The Kier molecular flexibility index (Phi) is 11.4. The zero-order chi connectivity index (χ0) is 34.1. The van der Waals surface area contributed by atoms with Crippen molar-refractivity contribution < 1.29 is 27.5 Å². The van der Waals surface area contributed by atoms with Crippen LogP contribution in [0.15, 0.2) is 108 Å². The van der Waals surface area contributed by atoms with Crippen molar-refractivity contribution in [2.75, 3.05) is 25.1 Å². The van der Waals surface area contributed by atoms with E-state index in [1.807, 2.05) is 61.5 Å². The SMILES string of the molecule is COc1ccc(S(=O)(=O)N(CC(=O)N(Cc2ccccc2C)C(Cc2ccccc2)C(=O)NC2CCCC2)c2ccccc2)cc1OC. The number of ether oxygens (including phenoxy) is 2. The van der Waals surface area contributed by atoms with Crippen LogP contribution in [0, 0.1) is 6.92 Å². The van der Waals surface area contributed by atoms with E-state index < -0.39 is 28.5 Å². The van der Waals surface area contributed by atoms with Gasteiger partial charge >= 0.3 is 0 Å². The van der Waals surface area contributed by atoms with Gasteiger partial charge < -0.3 is 19.7 Å². The van der Waals surface area contributed by atoms with Gasteiger partial charge in [-0.15, -0.1) is 0 Å². The van der Waals surface area contributed by atoms with Gasteiger partial charge in [0.25, 0.3) is 10.0 Å². The van der Waals surface area contributed by atoms with Crippen LogP contribution >= 0.6 is 0 Å². The van der Waals surface area contributed by atoms with Crippen molar-refractivity contribution in [2.45, 2.75) is 62.6 Å². The normalized spacial score (nSPS) is 13.8. The standard InChI is InChI=1S/C38H43N3O6S/c1-28-14-10-11-17-30(28)26-40(34(24-29-15-6-4-7-16-29)38(43)39-31-18-12-13-19-31)37(42)27-41(32-20-8-5-9-21-32)48(44,45)33-22-23-35(46-2)36(25-33)47-3/h4-11,14-17,20-23,25,31,34H,12-13,18-19,24,26-27H2,1-3H3,(H,39,43). The number of carbonyl (C=O) groups is 2. The molecular weight excluding hydrogens is 627 g/mol. The average Bonchev–Trinajstić information content (AvgIpc) is 3.62. The maximum Gasteiger partial charge on any atom is 0.264 e. The Labute approximate surface area is 283 Å². The lowest BCUT2D eigenvalue weighted by Crippen LogP contribution is -2.54. The summed E-state index contributed by atoms with van der Waals surface area (Å²) in [5.41, 5.74) is 3.03. The summed E-state index contributed by atoms with van der Waals surface area (Å²) in [6, 6.07) is 29.3. The highest BCUT2D eigenvalue weighted by molar-refractivity contribution is 7.92. The van der Waals surface area contributed by atoms with Crippen molar-refractivity contribution in [1.29, 1.82) is 0 Å². The second kappa shape index (κ2) is 15.8. The number of nitrogens with one attached hydrogen (secondary N) is 1. The highest BCUT2D eigenvalue weighted by Crippen LogP contribution is 2.32. The molecule has 1 fully saturated rings. The molecule has 0 radical (unpaired) electrons. The first-order chi connectivity index (χ1) is 23.2. The zero-order valence-corrected chi connectivity index (χ0v) is 28.5. The molecule has 0 aliphatic heterocycles. The molecule has 2 amide bonds. The first-order valence-electron chi connectivity index (χ1n) is 16.2. The van der Waals surface area contributed by atoms with Gasteiger partial charge in [-0.1, -0.05) is 85.6 Å². The Bertz CT molecular complexity index is 1790. The van der Waals surface area contributed by atoms with E-state index in [1.54, 1.807) is 35.2 Å². The number of hydrogen-bond donors (Lipinski definition) is 1. The van der Waals surface area contributed by atoms with Crippen LogP contribution in [-0.2, 0) is 32.6 Å². The number of sulfonamides is 1. The number of rotatable bonds is 14. The van der Waals surface area contributed by atoms with Gasteiger partial charge in [0.15, 0.2) is 11.5 Å². The minimum atomic E-state index is -4.30. The first kappa shape index (κ1) is 34.5. The lowest BCUT2D eigenvalue weighted by molar-refractivity contribution is -0.140. The molecule has 0 aromatic heterocycles. The summed E-state index contributed by atoms with van der Waals surface area (Å²) in [6.45, 7) is 1.55. The lowest BCUT2D eigenvalue weighted by Gasteiger charge is -2.34. The van der Waals surface area contributed by atoms with E-state index in [1.165, 1.54) is 32.4 Å². The van der Waals surface area contributed by atoms with Crippen LogP contribution in [-0.4, -0.2) is 58.0 Å². The number of benzene rings is 4. The van der Waals surface area contributed by atoms with E-state index in [2.05, 4.69) is 5.32 Å². The van der Waals surface area contributed by atoms with Crippen molar-refractivity contribution >= 4 is 27.5 Å². The number of para-hydroxylation sites is 1. The van der Waals surface area contributed by atoms with Crippen molar-refractivity contribution in [3.8, 4) is 11.5 Å². The Hall–Kier alpha value is -4.83. The third-order valence-corrected chi connectivity index (χ3v) is 10.6. The molecule has 0 bridgehead atoms. The number of methoxy groups -OCH3 is 2. The third kappa shape index (κ3) is 8.17. The third-order valence-electron chi connectivity index (χ3n) is 8.84. The number of nitrogens with zero attached hydrogens (tertiary/aromatic N) is 2. The number of carbonyl (C=O) groups excluding carboxylic acids is 2. The highest BCUT2D eigenvalue weighted by Gasteiger charge is 2.36. The topological polar surface area (TPSA) is 105 Å². The fraction of sp³-hybridized carbons (Fsp3) is 0.316. The van der Waals surface area contributed by atoms with Crippen LogP contribution in [0.5, 0.6) is 11.5 Å². The van der Waals surface area contributed by atoms with Crippen LogP contribution in [0.4, 0.5) is 5.69 Å². The van der Waals surface area contributed by atoms with E-state index in [0.717, 1.165) is 46.7 Å². The predicted octanol–water partition coefficient (Wildman–Crippen LogP) is 5.91. The molecule has 10 heteroatoms. The van der Waals surface area contributed by atoms with E-state index in [0.29, 0.717) is 11.4 Å². The van der Waals surface area contributed by atoms with Gasteiger partial charge in [0.05, 0.1) is 24.8 Å². The number of amides is 2. The van der Waals surface area contributed by atoms with Gasteiger partial charge in [0.2, 0.25) is 11.8 Å². The smallest absolute Gasteiger partial charge is 0.264 e. The molecule has 1 atom stereocenters. The molecule has 1 unspecified atom stereocenters. The summed E-state index contributed by atoms with van der Waals surface area (Å²) in [5, 5.41) is 3.21.